The largest absolute Gasteiger partial charge is 0.374 e. The fourth-order valence-electron chi connectivity index (χ4n) is 7.04. The van der Waals surface area contributed by atoms with Crippen LogP contribution in [0, 0.1) is 0 Å². The van der Waals surface area contributed by atoms with Gasteiger partial charge >= 0.3 is 0 Å². The zero-order chi connectivity index (χ0) is 37.6. The van der Waals surface area contributed by atoms with Crippen LogP contribution >= 0.6 is 0 Å². The Morgan fingerprint density at radius 2 is 1.07 bits per heavy atom. The predicted octanol–water partition coefficient (Wildman–Crippen LogP) is 7.74. The molecule has 0 radical (unpaired) electrons. The van der Waals surface area contributed by atoms with E-state index in [9.17, 15) is 0 Å². The van der Waals surface area contributed by atoms with E-state index in [2.05, 4.69) is 6.92 Å². The zero-order valence-electron chi connectivity index (χ0n) is 31.9. The number of benzene rings is 4. The molecule has 6 rings (SSSR count). The average Bonchev–Trinajstić information content (AvgIpc) is 3.52. The topological polar surface area (TPSA) is 99.9 Å². The minimum atomic E-state index is -0.855. The molecule has 2 aliphatic heterocycles. The van der Waals surface area contributed by atoms with E-state index in [1.54, 1.807) is 0 Å². The molecule has 2 N–H and O–H groups in total. The highest BCUT2D eigenvalue weighted by Gasteiger charge is 2.50. The summed E-state index contributed by atoms with van der Waals surface area (Å²) in [6.07, 6.45) is -0.789. The quantitative estimate of drug-likeness (QED) is 0.0976. The first-order valence-corrected chi connectivity index (χ1v) is 19.3. The number of rotatable bonds is 20. The number of nitrogens with two attached hydrogens (primary N) is 1. The predicted molar refractivity (Wildman–Crippen MR) is 207 cm³/mol. The normalized spacial score (nSPS) is 25.7. The molecule has 9 heteroatoms. The highest BCUT2D eigenvalue weighted by molar-refractivity contribution is 5.16. The van der Waals surface area contributed by atoms with Gasteiger partial charge in [0, 0.05) is 0 Å². The van der Waals surface area contributed by atoms with E-state index in [1.807, 2.05) is 135 Å². The highest BCUT2D eigenvalue weighted by Crippen LogP contribution is 2.34. The third kappa shape index (κ3) is 11.8. The standard InChI is InChI=1S/C45H57NO8/c1-4-5-26-38-40(54-45(2,3)53-38)37(46)31-51-44-43(50-30-36-24-16-9-17-25-36)42(49-29-35-22-14-8-15-23-35)41(48-28-34-20-12-7-13-21-34)39(52-44)32-47-27-33-18-10-6-11-19-33/h6-25,37-44H,4-5,26-32,46H2,1-3H3/t37-,38+,39?,40-,41?,42?,43?,44?/m0/s1. The van der Waals surface area contributed by atoms with Crippen LogP contribution in [0.4, 0.5) is 0 Å². The fourth-order valence-corrected chi connectivity index (χ4v) is 7.04. The Morgan fingerprint density at radius 3 is 1.59 bits per heavy atom. The SMILES string of the molecule is CCCC[C@H]1OC(C)(C)O[C@H]1[C@@H](N)COC1OC(COCc2ccccc2)C(OCc2ccccc2)C(OCc2ccccc2)C1OCc1ccccc1. The average molecular weight is 740 g/mol. The van der Waals surface area contributed by atoms with Gasteiger partial charge in [-0.25, -0.2) is 0 Å². The van der Waals surface area contributed by atoms with E-state index in [-0.39, 0.29) is 25.4 Å². The molecule has 2 aliphatic rings. The van der Waals surface area contributed by atoms with Gasteiger partial charge in [-0.2, -0.15) is 0 Å². The van der Waals surface area contributed by atoms with E-state index in [0.717, 1.165) is 41.5 Å². The van der Waals surface area contributed by atoms with Crippen molar-refractivity contribution < 1.29 is 37.9 Å². The van der Waals surface area contributed by atoms with Gasteiger partial charge in [0.25, 0.3) is 0 Å². The molecule has 290 valence electrons. The second-order valence-corrected chi connectivity index (χ2v) is 14.6. The Bertz CT molecular complexity index is 1610. The van der Waals surface area contributed by atoms with Crippen molar-refractivity contribution >= 4 is 0 Å². The molecule has 0 aromatic heterocycles. The maximum absolute atomic E-state index is 6.87. The number of unbranched alkanes of at least 4 members (excludes halogenated alkanes) is 1. The minimum absolute atomic E-state index is 0.132. The van der Waals surface area contributed by atoms with E-state index < -0.39 is 42.5 Å². The zero-order valence-corrected chi connectivity index (χ0v) is 31.9. The fraction of sp³-hybridized carbons (Fsp3) is 0.467. The van der Waals surface area contributed by atoms with Crippen molar-refractivity contribution in [2.75, 3.05) is 13.2 Å². The van der Waals surface area contributed by atoms with Crippen molar-refractivity contribution in [3.05, 3.63) is 144 Å². The Hall–Kier alpha value is -3.48. The summed E-state index contributed by atoms with van der Waals surface area (Å²) < 4.78 is 52.9. The Kier molecular flexibility index (Phi) is 15.2. The molecule has 5 unspecified atom stereocenters. The molecule has 2 saturated heterocycles. The molecule has 0 spiro atoms. The molecule has 2 heterocycles. The minimum Gasteiger partial charge on any atom is -0.374 e. The smallest absolute Gasteiger partial charge is 0.187 e. The highest BCUT2D eigenvalue weighted by atomic mass is 16.8. The van der Waals surface area contributed by atoms with Crippen LogP contribution in [0.3, 0.4) is 0 Å². The molecule has 4 aromatic rings. The Labute approximate surface area is 321 Å². The summed E-state index contributed by atoms with van der Waals surface area (Å²) in [6.45, 7) is 7.85. The van der Waals surface area contributed by atoms with Gasteiger partial charge in [-0.15, -0.1) is 0 Å². The van der Waals surface area contributed by atoms with Gasteiger partial charge in [0.2, 0.25) is 0 Å². The van der Waals surface area contributed by atoms with Gasteiger partial charge in [-0.1, -0.05) is 141 Å². The lowest BCUT2D eigenvalue weighted by molar-refractivity contribution is -0.329. The summed E-state index contributed by atoms with van der Waals surface area (Å²) >= 11 is 0. The Morgan fingerprint density at radius 1 is 0.593 bits per heavy atom. The third-order valence-electron chi connectivity index (χ3n) is 9.78. The molecule has 2 fully saturated rings. The van der Waals surface area contributed by atoms with Crippen LogP contribution in [0.25, 0.3) is 0 Å². The van der Waals surface area contributed by atoms with Crippen LogP contribution in [-0.2, 0) is 64.3 Å². The first-order chi connectivity index (χ1) is 26.4. The van der Waals surface area contributed by atoms with Gasteiger partial charge < -0.3 is 43.6 Å². The number of hydrogen-bond donors (Lipinski definition) is 1. The van der Waals surface area contributed by atoms with E-state index in [0.29, 0.717) is 26.4 Å². The summed E-state index contributed by atoms with van der Waals surface area (Å²) in [7, 11) is 0. The molecule has 0 bridgehead atoms. The molecule has 0 aliphatic carbocycles. The third-order valence-corrected chi connectivity index (χ3v) is 9.78. The van der Waals surface area contributed by atoms with Gasteiger partial charge in [0.1, 0.15) is 30.5 Å². The van der Waals surface area contributed by atoms with E-state index in [4.69, 9.17) is 43.6 Å². The van der Waals surface area contributed by atoms with Crippen molar-refractivity contribution in [2.45, 2.75) is 121 Å². The van der Waals surface area contributed by atoms with Crippen LogP contribution in [-0.4, -0.2) is 68.0 Å². The van der Waals surface area contributed by atoms with Gasteiger partial charge in [0.05, 0.1) is 51.8 Å². The first-order valence-electron chi connectivity index (χ1n) is 19.3. The molecule has 4 aromatic carbocycles. The van der Waals surface area contributed by atoms with Crippen LogP contribution < -0.4 is 5.73 Å². The van der Waals surface area contributed by atoms with Gasteiger partial charge in [-0.05, 0) is 42.5 Å². The van der Waals surface area contributed by atoms with E-state index >= 15 is 0 Å². The molecular formula is C45H57NO8. The maximum atomic E-state index is 6.87. The summed E-state index contributed by atoms with van der Waals surface area (Å²) in [5.74, 6) is -0.732. The summed E-state index contributed by atoms with van der Waals surface area (Å²) in [4.78, 5) is 0. The van der Waals surface area contributed by atoms with Crippen LogP contribution in [0.5, 0.6) is 0 Å². The van der Waals surface area contributed by atoms with E-state index in [1.165, 1.54) is 0 Å². The maximum Gasteiger partial charge on any atom is 0.187 e. The lowest BCUT2D eigenvalue weighted by Crippen LogP contribution is -2.62. The molecule has 0 saturated carbocycles. The second-order valence-electron chi connectivity index (χ2n) is 14.6. The van der Waals surface area contributed by atoms with Crippen molar-refractivity contribution in [3.63, 3.8) is 0 Å². The molecule has 9 nitrogen and oxygen atoms in total. The van der Waals surface area contributed by atoms with Crippen LogP contribution in [0.1, 0.15) is 62.3 Å². The molecule has 0 amide bonds. The van der Waals surface area contributed by atoms with Crippen molar-refractivity contribution in [2.24, 2.45) is 5.73 Å². The first kappa shape index (κ1) is 40.2. The summed E-state index contributed by atoms with van der Waals surface area (Å²) in [5.41, 5.74) is 11.0. The van der Waals surface area contributed by atoms with Crippen molar-refractivity contribution in [1.82, 2.24) is 0 Å². The summed E-state index contributed by atoms with van der Waals surface area (Å²) in [5, 5.41) is 0. The number of hydrogen-bond acceptors (Lipinski definition) is 9. The number of ether oxygens (including phenoxy) is 8. The monoisotopic (exact) mass is 739 g/mol. The van der Waals surface area contributed by atoms with Gasteiger partial charge in [0.15, 0.2) is 12.1 Å². The molecule has 8 atom stereocenters. The van der Waals surface area contributed by atoms with Crippen LogP contribution in [0.15, 0.2) is 121 Å². The lowest BCUT2D eigenvalue weighted by Gasteiger charge is -2.46. The van der Waals surface area contributed by atoms with Crippen LogP contribution in [0.2, 0.25) is 0 Å². The van der Waals surface area contributed by atoms with Gasteiger partial charge in [-0.3, -0.25) is 0 Å². The Balaban J connectivity index is 1.28. The molecule has 54 heavy (non-hydrogen) atoms. The molecular weight excluding hydrogens is 682 g/mol. The lowest BCUT2D eigenvalue weighted by atomic mass is 9.97. The second kappa shape index (κ2) is 20.4. The van der Waals surface area contributed by atoms with Crippen molar-refractivity contribution in [3.8, 4) is 0 Å². The van der Waals surface area contributed by atoms with Crippen molar-refractivity contribution in [1.29, 1.82) is 0 Å². The summed E-state index contributed by atoms with van der Waals surface area (Å²) in [6, 6.07) is 39.9.